The first-order chi connectivity index (χ1) is 10.3. The smallest absolute Gasteiger partial charge is 0.336 e. The summed E-state index contributed by atoms with van der Waals surface area (Å²) in [5.74, 6) is 0.599. The van der Waals surface area contributed by atoms with Crippen molar-refractivity contribution >= 4 is 5.97 Å². The average molecular weight is 285 g/mol. The van der Waals surface area contributed by atoms with Gasteiger partial charge in [0.2, 0.25) is 6.79 Å². The molecular formula is C16H15NO4. The van der Waals surface area contributed by atoms with Crippen molar-refractivity contribution < 1.29 is 19.4 Å². The SMILES string of the molecule is O=C(O)c1ccccc1CNCc1cccc2c1OCO2. The molecule has 1 aliphatic heterocycles. The molecule has 3 rings (SSSR count). The first kappa shape index (κ1) is 13.5. The van der Waals surface area contributed by atoms with Crippen LogP contribution in [0.5, 0.6) is 11.5 Å². The van der Waals surface area contributed by atoms with E-state index in [0.29, 0.717) is 18.7 Å². The normalized spacial score (nSPS) is 12.4. The van der Waals surface area contributed by atoms with Crippen LogP contribution < -0.4 is 14.8 Å². The molecule has 2 N–H and O–H groups in total. The fraction of sp³-hybridized carbons (Fsp3) is 0.188. The number of carboxylic acids is 1. The maximum Gasteiger partial charge on any atom is 0.336 e. The summed E-state index contributed by atoms with van der Waals surface area (Å²) in [4.78, 5) is 11.1. The predicted octanol–water partition coefficient (Wildman–Crippen LogP) is 2.40. The van der Waals surface area contributed by atoms with Crippen LogP contribution in [-0.2, 0) is 13.1 Å². The first-order valence-corrected chi connectivity index (χ1v) is 6.65. The minimum absolute atomic E-state index is 0.244. The number of carbonyl (C=O) groups is 1. The number of benzene rings is 2. The van der Waals surface area contributed by atoms with Crippen LogP contribution in [0.15, 0.2) is 42.5 Å². The second kappa shape index (κ2) is 5.85. The van der Waals surface area contributed by atoms with E-state index in [1.165, 1.54) is 0 Å². The molecule has 5 nitrogen and oxygen atoms in total. The summed E-state index contributed by atoms with van der Waals surface area (Å²) in [6.07, 6.45) is 0. The molecule has 0 bridgehead atoms. The van der Waals surface area contributed by atoms with E-state index in [4.69, 9.17) is 14.6 Å². The van der Waals surface area contributed by atoms with Gasteiger partial charge in [-0.3, -0.25) is 0 Å². The van der Waals surface area contributed by atoms with E-state index in [1.54, 1.807) is 12.1 Å². The van der Waals surface area contributed by atoms with Crippen molar-refractivity contribution in [1.29, 1.82) is 0 Å². The molecule has 0 fully saturated rings. The molecule has 0 amide bonds. The second-order valence-corrected chi connectivity index (χ2v) is 4.72. The van der Waals surface area contributed by atoms with Gasteiger partial charge in [0.15, 0.2) is 11.5 Å². The van der Waals surface area contributed by atoms with Crippen LogP contribution in [0.1, 0.15) is 21.5 Å². The number of nitrogens with one attached hydrogen (secondary N) is 1. The second-order valence-electron chi connectivity index (χ2n) is 4.72. The van der Waals surface area contributed by atoms with Gasteiger partial charge in [-0.2, -0.15) is 0 Å². The summed E-state index contributed by atoms with van der Waals surface area (Å²) in [5.41, 5.74) is 2.08. The van der Waals surface area contributed by atoms with Gasteiger partial charge in [0.25, 0.3) is 0 Å². The number of fused-ring (bicyclic) bond motifs is 1. The van der Waals surface area contributed by atoms with Crippen molar-refractivity contribution in [2.24, 2.45) is 0 Å². The highest BCUT2D eigenvalue weighted by molar-refractivity contribution is 5.89. The molecule has 0 spiro atoms. The third-order valence-corrected chi connectivity index (χ3v) is 3.36. The monoisotopic (exact) mass is 285 g/mol. The third kappa shape index (κ3) is 2.83. The zero-order valence-corrected chi connectivity index (χ0v) is 11.3. The van der Waals surface area contributed by atoms with Gasteiger partial charge in [-0.15, -0.1) is 0 Å². The van der Waals surface area contributed by atoms with Crippen LogP contribution in [0, 0.1) is 0 Å². The van der Waals surface area contributed by atoms with E-state index >= 15 is 0 Å². The van der Waals surface area contributed by atoms with Gasteiger partial charge in [-0.25, -0.2) is 4.79 Å². The Kier molecular flexibility index (Phi) is 3.75. The molecule has 0 saturated carbocycles. The van der Waals surface area contributed by atoms with Crippen molar-refractivity contribution in [1.82, 2.24) is 5.32 Å². The zero-order valence-electron chi connectivity index (χ0n) is 11.3. The fourth-order valence-corrected chi connectivity index (χ4v) is 2.34. The molecule has 0 unspecified atom stereocenters. The van der Waals surface area contributed by atoms with Crippen molar-refractivity contribution in [2.45, 2.75) is 13.1 Å². The van der Waals surface area contributed by atoms with Gasteiger partial charge in [0.05, 0.1) is 5.56 Å². The molecular weight excluding hydrogens is 270 g/mol. The standard InChI is InChI=1S/C16H15NO4/c18-16(19)13-6-2-1-4-11(13)8-17-9-12-5-3-7-14-15(12)21-10-20-14/h1-7,17H,8-10H2,(H,18,19). The average Bonchev–Trinajstić information content (AvgIpc) is 2.97. The highest BCUT2D eigenvalue weighted by atomic mass is 16.7. The van der Waals surface area contributed by atoms with E-state index in [1.807, 2.05) is 30.3 Å². The first-order valence-electron chi connectivity index (χ1n) is 6.65. The lowest BCUT2D eigenvalue weighted by Crippen LogP contribution is -2.15. The number of carboxylic acid groups (broad SMARTS) is 1. The van der Waals surface area contributed by atoms with E-state index in [0.717, 1.165) is 22.6 Å². The van der Waals surface area contributed by atoms with Gasteiger partial charge >= 0.3 is 5.97 Å². The summed E-state index contributed by atoms with van der Waals surface area (Å²) in [7, 11) is 0. The van der Waals surface area contributed by atoms with Crippen LogP contribution in [0.3, 0.4) is 0 Å². The Bertz CT molecular complexity index is 669. The Morgan fingerprint density at radius 1 is 1.05 bits per heavy atom. The summed E-state index contributed by atoms with van der Waals surface area (Å²) in [5, 5.41) is 12.4. The number of hydrogen-bond donors (Lipinski definition) is 2. The zero-order chi connectivity index (χ0) is 14.7. The summed E-state index contributed by atoms with van der Waals surface area (Å²) in [6, 6.07) is 12.7. The maximum absolute atomic E-state index is 11.1. The van der Waals surface area contributed by atoms with Gasteiger partial charge in [0, 0.05) is 18.7 Å². The molecule has 2 aromatic carbocycles. The summed E-state index contributed by atoms with van der Waals surface area (Å²) in [6.45, 7) is 1.31. The molecule has 1 aliphatic rings. The molecule has 108 valence electrons. The Balaban J connectivity index is 1.68. The highest BCUT2D eigenvalue weighted by Crippen LogP contribution is 2.35. The van der Waals surface area contributed by atoms with Crippen LogP contribution in [0.25, 0.3) is 0 Å². The fourth-order valence-electron chi connectivity index (χ4n) is 2.34. The Labute approximate surface area is 122 Å². The number of rotatable bonds is 5. The number of para-hydroxylation sites is 1. The van der Waals surface area contributed by atoms with Crippen LogP contribution >= 0.6 is 0 Å². The molecule has 0 atom stereocenters. The highest BCUT2D eigenvalue weighted by Gasteiger charge is 2.16. The quantitative estimate of drug-likeness (QED) is 0.883. The van der Waals surface area contributed by atoms with Crippen molar-refractivity contribution in [2.75, 3.05) is 6.79 Å². The third-order valence-electron chi connectivity index (χ3n) is 3.36. The summed E-state index contributed by atoms with van der Waals surface area (Å²) >= 11 is 0. The van der Waals surface area contributed by atoms with Crippen molar-refractivity contribution in [3.8, 4) is 11.5 Å². The van der Waals surface area contributed by atoms with Crippen LogP contribution in [0.4, 0.5) is 0 Å². The molecule has 0 aliphatic carbocycles. The number of aromatic carboxylic acids is 1. The lowest BCUT2D eigenvalue weighted by atomic mass is 10.1. The minimum atomic E-state index is -0.912. The topological polar surface area (TPSA) is 67.8 Å². The maximum atomic E-state index is 11.1. The molecule has 5 heteroatoms. The van der Waals surface area contributed by atoms with Gasteiger partial charge in [-0.05, 0) is 17.7 Å². The lowest BCUT2D eigenvalue weighted by Gasteiger charge is -2.09. The van der Waals surface area contributed by atoms with E-state index in [9.17, 15) is 4.79 Å². The Morgan fingerprint density at radius 3 is 2.67 bits per heavy atom. The van der Waals surface area contributed by atoms with E-state index in [2.05, 4.69) is 5.32 Å². The van der Waals surface area contributed by atoms with Gasteiger partial charge < -0.3 is 19.9 Å². The molecule has 2 aromatic rings. The van der Waals surface area contributed by atoms with E-state index in [-0.39, 0.29) is 6.79 Å². The molecule has 0 radical (unpaired) electrons. The minimum Gasteiger partial charge on any atom is -0.478 e. The Morgan fingerprint density at radius 2 is 1.81 bits per heavy atom. The molecule has 21 heavy (non-hydrogen) atoms. The van der Waals surface area contributed by atoms with Crippen LogP contribution in [0.2, 0.25) is 0 Å². The van der Waals surface area contributed by atoms with E-state index < -0.39 is 5.97 Å². The molecule has 0 saturated heterocycles. The summed E-state index contributed by atoms with van der Waals surface area (Å²) < 4.78 is 10.8. The largest absolute Gasteiger partial charge is 0.478 e. The van der Waals surface area contributed by atoms with Crippen molar-refractivity contribution in [3.05, 3.63) is 59.2 Å². The van der Waals surface area contributed by atoms with Gasteiger partial charge in [-0.1, -0.05) is 30.3 Å². The van der Waals surface area contributed by atoms with Crippen molar-refractivity contribution in [3.63, 3.8) is 0 Å². The van der Waals surface area contributed by atoms with Gasteiger partial charge in [0.1, 0.15) is 0 Å². The Hall–Kier alpha value is -2.53. The predicted molar refractivity (Wildman–Crippen MR) is 76.5 cm³/mol. The lowest BCUT2D eigenvalue weighted by molar-refractivity contribution is 0.0695. The van der Waals surface area contributed by atoms with Crippen LogP contribution in [-0.4, -0.2) is 17.9 Å². The molecule has 1 heterocycles. The number of ether oxygens (including phenoxy) is 2. The number of hydrogen-bond acceptors (Lipinski definition) is 4. The molecule has 0 aromatic heterocycles.